The lowest BCUT2D eigenvalue weighted by atomic mass is 9.99. The molecular weight excluding hydrogens is 346 g/mol. The van der Waals surface area contributed by atoms with Crippen LogP contribution in [0.2, 0.25) is 0 Å². The van der Waals surface area contributed by atoms with Crippen LogP contribution >= 0.6 is 15.9 Å². The molecule has 8 heteroatoms. The number of rotatable bonds is 5. The quantitative estimate of drug-likeness (QED) is 0.733. The third kappa shape index (κ3) is 4.27. The Morgan fingerprint density at radius 1 is 1.45 bits per heavy atom. The van der Waals surface area contributed by atoms with E-state index in [4.69, 9.17) is 10.9 Å². The van der Waals surface area contributed by atoms with Crippen molar-refractivity contribution >= 4 is 37.5 Å². The van der Waals surface area contributed by atoms with Gasteiger partial charge in [-0.3, -0.25) is 4.79 Å². The molecule has 112 valence electrons. The van der Waals surface area contributed by atoms with Crippen LogP contribution < -0.4 is 16.2 Å². The molecule has 0 spiro atoms. The smallest absolute Gasteiger partial charge is 0.241 e. The van der Waals surface area contributed by atoms with E-state index in [-0.39, 0.29) is 16.7 Å². The van der Waals surface area contributed by atoms with E-state index >= 15 is 0 Å². The molecule has 5 N–H and O–H groups in total. The van der Waals surface area contributed by atoms with Gasteiger partial charge < -0.3 is 11.1 Å². The Bertz CT molecular complexity index is 604. The molecule has 20 heavy (non-hydrogen) atoms. The molecule has 1 rings (SSSR count). The molecule has 1 amide bonds. The summed E-state index contributed by atoms with van der Waals surface area (Å²) < 4.78 is 22.8. The molecule has 1 aromatic carbocycles. The highest BCUT2D eigenvalue weighted by Gasteiger charge is 2.20. The second kappa shape index (κ2) is 6.66. The van der Waals surface area contributed by atoms with Gasteiger partial charge in [-0.2, -0.15) is 0 Å². The van der Waals surface area contributed by atoms with Gasteiger partial charge >= 0.3 is 0 Å². The summed E-state index contributed by atoms with van der Waals surface area (Å²) in [6, 6.07) is 3.50. The lowest BCUT2D eigenvalue weighted by molar-refractivity contribution is -0.118. The van der Waals surface area contributed by atoms with Gasteiger partial charge in [0.1, 0.15) is 0 Å². The normalized spacial score (nSPS) is 14.7. The average Bonchev–Trinajstić information content (AvgIpc) is 2.37. The second-order valence-corrected chi connectivity index (χ2v) is 7.00. The molecule has 2 unspecified atom stereocenters. The molecule has 6 nitrogen and oxygen atoms in total. The van der Waals surface area contributed by atoms with E-state index in [1.165, 1.54) is 18.2 Å². The zero-order chi connectivity index (χ0) is 15.5. The van der Waals surface area contributed by atoms with E-state index in [9.17, 15) is 13.2 Å². The molecule has 0 radical (unpaired) electrons. The van der Waals surface area contributed by atoms with E-state index in [1.807, 2.05) is 13.8 Å². The number of primary sulfonamides is 1. The lowest BCUT2D eigenvalue weighted by Crippen LogP contribution is -2.40. The van der Waals surface area contributed by atoms with Crippen molar-refractivity contribution in [3.8, 4) is 0 Å². The number of nitrogens with one attached hydrogen (secondary N) is 1. The number of amides is 1. The Kier molecular flexibility index (Phi) is 5.69. The number of carbonyl (C=O) groups is 1. The van der Waals surface area contributed by atoms with Crippen LogP contribution in [0, 0.1) is 5.92 Å². The first-order valence-electron chi connectivity index (χ1n) is 6.05. The van der Waals surface area contributed by atoms with Crippen molar-refractivity contribution in [1.29, 1.82) is 0 Å². The van der Waals surface area contributed by atoms with Gasteiger partial charge in [-0.1, -0.05) is 20.3 Å². The highest BCUT2D eigenvalue weighted by Crippen LogP contribution is 2.25. The maximum absolute atomic E-state index is 11.9. The second-order valence-electron chi connectivity index (χ2n) is 4.59. The SMILES string of the molecule is CCC(C)C(N)C(=O)Nc1ccc(S(N)(=O)=O)cc1Br. The van der Waals surface area contributed by atoms with E-state index in [2.05, 4.69) is 21.2 Å². The van der Waals surface area contributed by atoms with Crippen molar-refractivity contribution in [2.24, 2.45) is 16.8 Å². The van der Waals surface area contributed by atoms with Crippen molar-refractivity contribution in [2.45, 2.75) is 31.2 Å². The zero-order valence-corrected chi connectivity index (χ0v) is 13.7. The van der Waals surface area contributed by atoms with E-state index in [1.54, 1.807) is 0 Å². The zero-order valence-electron chi connectivity index (χ0n) is 11.3. The minimum absolute atomic E-state index is 0.0337. The summed E-state index contributed by atoms with van der Waals surface area (Å²) in [5.41, 5.74) is 6.27. The number of hydrogen-bond donors (Lipinski definition) is 3. The van der Waals surface area contributed by atoms with Gasteiger partial charge in [-0.05, 0) is 40.0 Å². The molecule has 0 heterocycles. The molecule has 0 saturated heterocycles. The van der Waals surface area contributed by atoms with E-state index in [0.29, 0.717) is 10.2 Å². The van der Waals surface area contributed by atoms with Crippen LogP contribution in [0.15, 0.2) is 27.6 Å². The number of benzene rings is 1. The fraction of sp³-hybridized carbons (Fsp3) is 0.417. The van der Waals surface area contributed by atoms with Crippen molar-refractivity contribution in [1.82, 2.24) is 0 Å². The Labute approximate surface area is 127 Å². The van der Waals surface area contributed by atoms with Crippen molar-refractivity contribution in [2.75, 3.05) is 5.32 Å². The Balaban J connectivity index is 2.92. The highest BCUT2D eigenvalue weighted by molar-refractivity contribution is 9.10. The number of nitrogens with two attached hydrogens (primary N) is 2. The van der Waals surface area contributed by atoms with Crippen LogP contribution in [-0.2, 0) is 14.8 Å². The van der Waals surface area contributed by atoms with Crippen molar-refractivity contribution in [3.63, 3.8) is 0 Å². The molecule has 2 atom stereocenters. The molecule has 0 bridgehead atoms. The molecule has 0 aliphatic heterocycles. The first kappa shape index (κ1) is 17.1. The van der Waals surface area contributed by atoms with E-state index < -0.39 is 16.1 Å². The van der Waals surface area contributed by atoms with Crippen LogP contribution in [0.1, 0.15) is 20.3 Å². The minimum Gasteiger partial charge on any atom is -0.324 e. The number of hydrogen-bond acceptors (Lipinski definition) is 4. The van der Waals surface area contributed by atoms with E-state index in [0.717, 1.165) is 6.42 Å². The van der Waals surface area contributed by atoms with Crippen molar-refractivity contribution in [3.05, 3.63) is 22.7 Å². The summed E-state index contributed by atoms with van der Waals surface area (Å²) in [6.45, 7) is 3.85. The third-order valence-corrected chi connectivity index (χ3v) is 4.65. The highest BCUT2D eigenvalue weighted by atomic mass is 79.9. The summed E-state index contributed by atoms with van der Waals surface area (Å²) >= 11 is 3.20. The molecule has 1 aromatic rings. The van der Waals surface area contributed by atoms with Crippen LogP contribution in [0.5, 0.6) is 0 Å². The van der Waals surface area contributed by atoms with Gasteiger partial charge in [0.15, 0.2) is 0 Å². The molecule has 0 fully saturated rings. The monoisotopic (exact) mass is 363 g/mol. The van der Waals surface area contributed by atoms with Gasteiger partial charge in [0.2, 0.25) is 15.9 Å². The summed E-state index contributed by atoms with van der Waals surface area (Å²) in [5.74, 6) is -0.263. The van der Waals surface area contributed by atoms with Crippen LogP contribution in [-0.4, -0.2) is 20.4 Å². The Morgan fingerprint density at radius 2 is 2.05 bits per heavy atom. The third-order valence-electron chi connectivity index (χ3n) is 3.09. The maximum Gasteiger partial charge on any atom is 0.241 e. The summed E-state index contributed by atoms with van der Waals surface area (Å²) in [6.07, 6.45) is 0.792. The Morgan fingerprint density at radius 3 is 2.50 bits per heavy atom. The number of anilines is 1. The predicted molar refractivity (Wildman–Crippen MR) is 81.6 cm³/mol. The minimum atomic E-state index is -3.77. The Hall–Kier alpha value is -0.960. The largest absolute Gasteiger partial charge is 0.324 e. The molecule has 0 saturated carbocycles. The summed E-state index contributed by atoms with van der Waals surface area (Å²) in [7, 11) is -3.77. The maximum atomic E-state index is 11.9. The van der Waals surface area contributed by atoms with Gasteiger partial charge in [0.05, 0.1) is 16.6 Å². The molecular formula is C12H18BrN3O3S. The van der Waals surface area contributed by atoms with Gasteiger partial charge in [-0.15, -0.1) is 0 Å². The van der Waals surface area contributed by atoms with Crippen LogP contribution in [0.3, 0.4) is 0 Å². The summed E-state index contributed by atoms with van der Waals surface area (Å²) in [4.78, 5) is 11.9. The van der Waals surface area contributed by atoms with Gasteiger partial charge in [0.25, 0.3) is 0 Å². The lowest BCUT2D eigenvalue weighted by Gasteiger charge is -2.18. The average molecular weight is 364 g/mol. The van der Waals surface area contributed by atoms with Crippen molar-refractivity contribution < 1.29 is 13.2 Å². The first-order valence-corrected chi connectivity index (χ1v) is 8.39. The number of halogens is 1. The topological polar surface area (TPSA) is 115 Å². The molecule has 0 aliphatic carbocycles. The number of carbonyl (C=O) groups excluding carboxylic acids is 1. The standard InChI is InChI=1S/C12H18BrN3O3S/c1-3-7(2)11(14)12(17)16-10-5-4-8(6-9(10)13)20(15,18)19/h4-7,11H,3,14H2,1-2H3,(H,16,17)(H2,15,18,19). The summed E-state index contributed by atoms with van der Waals surface area (Å²) in [5, 5.41) is 7.68. The van der Waals surface area contributed by atoms with Gasteiger partial charge in [0, 0.05) is 4.47 Å². The van der Waals surface area contributed by atoms with Gasteiger partial charge in [-0.25, -0.2) is 13.6 Å². The first-order chi connectivity index (χ1) is 9.16. The van der Waals surface area contributed by atoms with Crippen LogP contribution in [0.25, 0.3) is 0 Å². The fourth-order valence-corrected chi connectivity index (χ4v) is 2.67. The predicted octanol–water partition coefficient (Wildman–Crippen LogP) is 1.41. The molecule has 0 aliphatic rings. The number of sulfonamides is 1. The molecule has 0 aromatic heterocycles. The fourth-order valence-electron chi connectivity index (χ4n) is 1.50. The van der Waals surface area contributed by atoms with Crippen LogP contribution in [0.4, 0.5) is 5.69 Å².